The summed E-state index contributed by atoms with van der Waals surface area (Å²) >= 11 is 0. The van der Waals surface area contributed by atoms with Gasteiger partial charge in [0.25, 0.3) is 15.9 Å². The zero-order valence-corrected chi connectivity index (χ0v) is 15.3. The van der Waals surface area contributed by atoms with Crippen molar-refractivity contribution in [2.24, 2.45) is 0 Å². The zero-order chi connectivity index (χ0) is 20.1. The van der Waals surface area contributed by atoms with E-state index in [1.54, 1.807) is 12.1 Å². The van der Waals surface area contributed by atoms with Crippen LogP contribution in [0.25, 0.3) is 0 Å². The van der Waals surface area contributed by atoms with Gasteiger partial charge in [-0.2, -0.15) is 0 Å². The molecule has 0 aromatic heterocycles. The Balaban J connectivity index is 1.81. The second-order valence-corrected chi connectivity index (χ2v) is 7.58. The fourth-order valence-electron chi connectivity index (χ4n) is 2.49. The molecule has 28 heavy (non-hydrogen) atoms. The summed E-state index contributed by atoms with van der Waals surface area (Å²) < 4.78 is 53.7. The summed E-state index contributed by atoms with van der Waals surface area (Å²) in [5.74, 6) is -2.91. The fourth-order valence-corrected chi connectivity index (χ4v) is 3.58. The van der Waals surface area contributed by atoms with Gasteiger partial charge in [0.15, 0.2) is 11.6 Å². The Bertz CT molecular complexity index is 1100. The first-order valence-electron chi connectivity index (χ1n) is 8.26. The molecule has 0 atom stereocenters. The first-order chi connectivity index (χ1) is 13.4. The summed E-state index contributed by atoms with van der Waals surface area (Å²) in [5, 5.41) is 2.71. The molecular weight excluding hydrogens is 386 g/mol. The van der Waals surface area contributed by atoms with Crippen LogP contribution in [0.3, 0.4) is 0 Å². The Morgan fingerprint density at radius 3 is 2.25 bits per heavy atom. The SMILES string of the molecule is O=C(NCc1ccccc1)c1ccccc1NS(=O)(=O)c1ccc(F)c(F)c1. The molecule has 3 aromatic rings. The van der Waals surface area contributed by atoms with Gasteiger partial charge in [0, 0.05) is 6.54 Å². The third kappa shape index (κ3) is 4.52. The molecule has 0 bridgehead atoms. The van der Waals surface area contributed by atoms with E-state index in [0.29, 0.717) is 6.07 Å². The number of halogens is 2. The van der Waals surface area contributed by atoms with Crippen LogP contribution < -0.4 is 10.0 Å². The number of hydrogen-bond acceptors (Lipinski definition) is 3. The second-order valence-electron chi connectivity index (χ2n) is 5.90. The third-order valence-electron chi connectivity index (χ3n) is 3.91. The number of benzene rings is 3. The molecule has 0 aliphatic carbocycles. The Labute approximate surface area is 161 Å². The topological polar surface area (TPSA) is 75.3 Å². The van der Waals surface area contributed by atoms with E-state index in [9.17, 15) is 22.0 Å². The van der Waals surface area contributed by atoms with Gasteiger partial charge >= 0.3 is 0 Å². The summed E-state index contributed by atoms with van der Waals surface area (Å²) in [6.07, 6.45) is 0. The minimum atomic E-state index is -4.21. The van der Waals surface area contributed by atoms with Crippen LogP contribution in [0.1, 0.15) is 15.9 Å². The van der Waals surface area contributed by atoms with Crippen molar-refractivity contribution in [1.82, 2.24) is 5.32 Å². The standard InChI is InChI=1S/C20H16F2N2O3S/c21-17-11-10-15(12-18(17)22)28(26,27)24-19-9-5-4-8-16(19)20(25)23-13-14-6-2-1-3-7-14/h1-12,24H,13H2,(H,23,25). The monoisotopic (exact) mass is 402 g/mol. The number of anilines is 1. The normalized spacial score (nSPS) is 11.1. The molecule has 0 aliphatic rings. The molecule has 1 amide bonds. The van der Waals surface area contributed by atoms with Gasteiger partial charge in [0.05, 0.1) is 16.1 Å². The lowest BCUT2D eigenvalue weighted by Crippen LogP contribution is -2.25. The van der Waals surface area contributed by atoms with Crippen LogP contribution >= 0.6 is 0 Å². The minimum Gasteiger partial charge on any atom is -0.348 e. The summed E-state index contributed by atoms with van der Waals surface area (Å²) in [4.78, 5) is 12.1. The van der Waals surface area contributed by atoms with Crippen LogP contribution in [0.15, 0.2) is 77.7 Å². The molecule has 144 valence electrons. The van der Waals surface area contributed by atoms with Crippen LogP contribution in [-0.2, 0) is 16.6 Å². The van der Waals surface area contributed by atoms with E-state index in [1.807, 2.05) is 30.3 Å². The molecule has 3 rings (SSSR count). The van der Waals surface area contributed by atoms with E-state index in [1.165, 1.54) is 12.1 Å². The molecule has 2 N–H and O–H groups in total. The van der Waals surface area contributed by atoms with Crippen molar-refractivity contribution >= 4 is 21.6 Å². The molecule has 0 heterocycles. The predicted molar refractivity (Wildman–Crippen MR) is 101 cm³/mol. The third-order valence-corrected chi connectivity index (χ3v) is 5.28. The average molecular weight is 402 g/mol. The van der Waals surface area contributed by atoms with Crippen LogP contribution in [0.2, 0.25) is 0 Å². The highest BCUT2D eigenvalue weighted by atomic mass is 32.2. The lowest BCUT2D eigenvalue weighted by atomic mass is 10.1. The van der Waals surface area contributed by atoms with Crippen molar-refractivity contribution in [1.29, 1.82) is 0 Å². The van der Waals surface area contributed by atoms with Gasteiger partial charge in [-0.25, -0.2) is 17.2 Å². The van der Waals surface area contributed by atoms with Crippen molar-refractivity contribution in [2.75, 3.05) is 4.72 Å². The van der Waals surface area contributed by atoms with E-state index >= 15 is 0 Å². The number of carbonyl (C=O) groups is 1. The number of sulfonamides is 1. The lowest BCUT2D eigenvalue weighted by Gasteiger charge is -2.13. The van der Waals surface area contributed by atoms with E-state index < -0.39 is 32.5 Å². The number of amides is 1. The largest absolute Gasteiger partial charge is 0.348 e. The number of nitrogens with one attached hydrogen (secondary N) is 2. The quantitative estimate of drug-likeness (QED) is 0.660. The molecule has 3 aromatic carbocycles. The molecule has 0 spiro atoms. The molecule has 0 saturated carbocycles. The van der Waals surface area contributed by atoms with Crippen molar-refractivity contribution in [3.05, 3.63) is 95.6 Å². The highest BCUT2D eigenvalue weighted by molar-refractivity contribution is 7.92. The van der Waals surface area contributed by atoms with Crippen LogP contribution in [0.4, 0.5) is 14.5 Å². The van der Waals surface area contributed by atoms with Gasteiger partial charge in [-0.1, -0.05) is 42.5 Å². The highest BCUT2D eigenvalue weighted by Gasteiger charge is 2.20. The second kappa shape index (κ2) is 8.18. The van der Waals surface area contributed by atoms with Gasteiger partial charge < -0.3 is 5.32 Å². The van der Waals surface area contributed by atoms with Gasteiger partial charge in [0.2, 0.25) is 0 Å². The fraction of sp³-hybridized carbons (Fsp3) is 0.0500. The molecule has 0 saturated heterocycles. The van der Waals surface area contributed by atoms with Gasteiger partial charge in [-0.05, 0) is 35.9 Å². The molecule has 0 fully saturated rings. The van der Waals surface area contributed by atoms with E-state index in [2.05, 4.69) is 10.0 Å². The zero-order valence-electron chi connectivity index (χ0n) is 14.5. The van der Waals surface area contributed by atoms with Gasteiger partial charge in [0.1, 0.15) is 0 Å². The maximum atomic E-state index is 13.4. The molecule has 5 nitrogen and oxygen atoms in total. The summed E-state index contributed by atoms with van der Waals surface area (Å²) in [7, 11) is -4.21. The Hall–Kier alpha value is -3.26. The van der Waals surface area contributed by atoms with Gasteiger partial charge in [-0.15, -0.1) is 0 Å². The molecule has 0 unspecified atom stereocenters. The van der Waals surface area contributed by atoms with Crippen LogP contribution in [-0.4, -0.2) is 14.3 Å². The number of carbonyl (C=O) groups excluding carboxylic acids is 1. The van der Waals surface area contributed by atoms with Crippen LogP contribution in [0, 0.1) is 11.6 Å². The molecule has 0 radical (unpaired) electrons. The van der Waals surface area contributed by atoms with Crippen molar-refractivity contribution in [3.63, 3.8) is 0 Å². The van der Waals surface area contributed by atoms with E-state index in [4.69, 9.17) is 0 Å². The van der Waals surface area contributed by atoms with Crippen LogP contribution in [0.5, 0.6) is 0 Å². The van der Waals surface area contributed by atoms with E-state index in [-0.39, 0.29) is 17.8 Å². The lowest BCUT2D eigenvalue weighted by molar-refractivity contribution is 0.0952. The number of rotatable bonds is 6. The number of hydrogen-bond donors (Lipinski definition) is 2. The minimum absolute atomic E-state index is 0.0257. The smallest absolute Gasteiger partial charge is 0.262 e. The summed E-state index contributed by atoms with van der Waals surface area (Å²) in [6, 6.07) is 17.5. The number of para-hydroxylation sites is 1. The van der Waals surface area contributed by atoms with Crippen molar-refractivity contribution in [3.8, 4) is 0 Å². The summed E-state index contributed by atoms with van der Waals surface area (Å²) in [6.45, 7) is 0.268. The average Bonchev–Trinajstić information content (AvgIpc) is 2.69. The predicted octanol–water partition coefficient (Wildman–Crippen LogP) is 3.70. The van der Waals surface area contributed by atoms with E-state index in [0.717, 1.165) is 17.7 Å². The molecular formula is C20H16F2N2O3S. The highest BCUT2D eigenvalue weighted by Crippen LogP contribution is 2.21. The van der Waals surface area contributed by atoms with Gasteiger partial charge in [-0.3, -0.25) is 9.52 Å². The first-order valence-corrected chi connectivity index (χ1v) is 9.74. The first kappa shape index (κ1) is 19.5. The summed E-state index contributed by atoms with van der Waals surface area (Å²) in [5.41, 5.74) is 1.01. The van der Waals surface area contributed by atoms with Crippen molar-refractivity contribution < 1.29 is 22.0 Å². The Morgan fingerprint density at radius 2 is 1.54 bits per heavy atom. The molecule has 0 aliphatic heterocycles. The maximum Gasteiger partial charge on any atom is 0.262 e. The maximum absolute atomic E-state index is 13.4. The Morgan fingerprint density at radius 1 is 0.857 bits per heavy atom. The molecule has 8 heteroatoms. The Kier molecular flexibility index (Phi) is 5.70. The van der Waals surface area contributed by atoms with Crippen molar-refractivity contribution in [2.45, 2.75) is 11.4 Å².